The van der Waals surface area contributed by atoms with E-state index in [0.29, 0.717) is 6.54 Å². The average Bonchev–Trinajstić information content (AvgIpc) is 3.00. The Balaban J connectivity index is 0.000000309. The van der Waals surface area contributed by atoms with E-state index < -0.39 is 0 Å². The van der Waals surface area contributed by atoms with Crippen LogP contribution in [0, 0.1) is 0 Å². The van der Waals surface area contributed by atoms with Crippen molar-refractivity contribution in [1.82, 2.24) is 0 Å². The van der Waals surface area contributed by atoms with Crippen LogP contribution < -0.4 is 4.90 Å². The number of amides is 1. The molecule has 0 spiro atoms. The zero-order valence-corrected chi connectivity index (χ0v) is 15.7. The van der Waals surface area contributed by atoms with Crippen LogP contribution in [0.2, 0.25) is 0 Å². The molecule has 132 valence electrons. The van der Waals surface area contributed by atoms with Crippen LogP contribution in [0.15, 0.2) is 30.3 Å². The molecule has 1 N–H and O–H groups in total. The number of anilines is 1. The third kappa shape index (κ3) is 4.86. The minimum Gasteiger partial charge on any atom is -0.507 e. The molecule has 1 heterocycles. The molecule has 5 heteroatoms. The highest BCUT2D eigenvalue weighted by Gasteiger charge is 2.22. The number of ether oxygens (including phenoxy) is 1. The van der Waals surface area contributed by atoms with Gasteiger partial charge in [0, 0.05) is 31.5 Å². The van der Waals surface area contributed by atoms with E-state index in [1.807, 2.05) is 45.0 Å². The molecule has 0 aliphatic carbocycles. The van der Waals surface area contributed by atoms with Gasteiger partial charge in [-0.05, 0) is 38.1 Å². The number of alkyl halides is 1. The molecule has 1 aliphatic heterocycles. The summed E-state index contributed by atoms with van der Waals surface area (Å²) >= 11 is 4.64. The highest BCUT2D eigenvalue weighted by molar-refractivity contribution is 6.15. The normalized spacial score (nSPS) is 12.7. The molecule has 1 aliphatic rings. The number of phenols is 1. The Morgan fingerprint density at radius 1 is 1.21 bits per heavy atom. The zero-order valence-electron chi connectivity index (χ0n) is 15.0. The predicted molar refractivity (Wildman–Crippen MR) is 101 cm³/mol. The van der Waals surface area contributed by atoms with Gasteiger partial charge in [-0.3, -0.25) is 4.79 Å². The van der Waals surface area contributed by atoms with Gasteiger partial charge in [0.15, 0.2) is 0 Å². The summed E-state index contributed by atoms with van der Waals surface area (Å²) in [7, 11) is 1.71. The maximum absolute atomic E-state index is 10.9. The highest BCUT2D eigenvalue weighted by Crippen LogP contribution is 2.38. The number of carbonyl (C=O) groups excluding carboxylic acids is 1. The summed E-state index contributed by atoms with van der Waals surface area (Å²) in [5, 5.41) is 11.8. The molecule has 0 unspecified atom stereocenters. The lowest BCUT2D eigenvalue weighted by atomic mass is 10.0. The van der Waals surface area contributed by atoms with Crippen LogP contribution in [0.4, 0.5) is 5.69 Å². The third-order valence-corrected chi connectivity index (χ3v) is 3.76. The fourth-order valence-corrected chi connectivity index (χ4v) is 2.38. The molecule has 3 rings (SSSR count). The molecular weight excluding hydrogens is 326 g/mol. The lowest BCUT2D eigenvalue weighted by Gasteiger charge is -2.14. The highest BCUT2D eigenvalue weighted by atomic mass is 35.5. The van der Waals surface area contributed by atoms with Crippen LogP contribution in [-0.4, -0.2) is 37.2 Å². The summed E-state index contributed by atoms with van der Waals surface area (Å²) in [4.78, 5) is 12.5. The number of methoxy groups -OCH3 is 1. The minimum atomic E-state index is 0.0417. The summed E-state index contributed by atoms with van der Waals surface area (Å²) < 4.78 is 4.94. The van der Waals surface area contributed by atoms with Crippen LogP contribution >= 0.6 is 11.6 Å². The van der Waals surface area contributed by atoms with Gasteiger partial charge in [0.05, 0.1) is 11.3 Å². The van der Waals surface area contributed by atoms with E-state index in [9.17, 15) is 9.90 Å². The molecule has 0 bridgehead atoms. The first-order chi connectivity index (χ1) is 11.4. The van der Waals surface area contributed by atoms with Gasteiger partial charge in [-0.1, -0.05) is 24.3 Å². The number of phenolic OH excluding ortho intramolecular Hbond substituents is 1. The van der Waals surface area contributed by atoms with E-state index in [-0.39, 0.29) is 11.4 Å². The second kappa shape index (κ2) is 8.90. The Morgan fingerprint density at radius 3 is 2.25 bits per heavy atom. The van der Waals surface area contributed by atoms with Gasteiger partial charge in [0.1, 0.15) is 5.75 Å². The van der Waals surface area contributed by atoms with E-state index in [0.717, 1.165) is 34.9 Å². The van der Waals surface area contributed by atoms with Crippen molar-refractivity contribution in [2.75, 3.05) is 24.9 Å². The molecule has 1 amide bonds. The number of fused-ring (bicyclic) bond motifs is 3. The first-order valence-corrected chi connectivity index (χ1v) is 8.51. The quantitative estimate of drug-likeness (QED) is 0.613. The lowest BCUT2D eigenvalue weighted by Crippen LogP contribution is -2.17. The molecular formula is C19H26ClNO3. The standard InChI is InChI=1S/C13H11NO2.C5H12O.CH3Cl/c15-8-14-6-5-10-9-3-1-2-4-11(9)13(16)7-12(10)14;1-5(2,3)6-4;1-2/h1-4,7-8,16H,5-6H2;1-4H3;1H3. The maximum Gasteiger partial charge on any atom is 0.214 e. The van der Waals surface area contributed by atoms with Crippen LogP contribution in [0.3, 0.4) is 0 Å². The van der Waals surface area contributed by atoms with Gasteiger partial charge in [0.2, 0.25) is 6.41 Å². The first-order valence-electron chi connectivity index (χ1n) is 7.76. The number of rotatable bonds is 1. The van der Waals surface area contributed by atoms with Crippen molar-refractivity contribution < 1.29 is 14.6 Å². The van der Waals surface area contributed by atoms with Crippen LogP contribution in [-0.2, 0) is 16.0 Å². The largest absolute Gasteiger partial charge is 0.507 e. The van der Waals surface area contributed by atoms with Crippen molar-refractivity contribution in [1.29, 1.82) is 0 Å². The van der Waals surface area contributed by atoms with Crippen LogP contribution in [0.5, 0.6) is 5.75 Å². The number of carbonyl (C=O) groups is 1. The fraction of sp³-hybridized carbons (Fsp3) is 0.421. The van der Waals surface area contributed by atoms with E-state index in [4.69, 9.17) is 4.74 Å². The number of halogens is 1. The first kappa shape index (κ1) is 20.3. The second-order valence-electron chi connectivity index (χ2n) is 6.30. The molecule has 0 saturated heterocycles. The molecule has 24 heavy (non-hydrogen) atoms. The van der Waals surface area contributed by atoms with Gasteiger partial charge < -0.3 is 14.7 Å². The molecule has 4 nitrogen and oxygen atoms in total. The van der Waals surface area contributed by atoms with E-state index in [2.05, 4.69) is 11.6 Å². The van der Waals surface area contributed by atoms with E-state index >= 15 is 0 Å². The molecule has 2 aromatic carbocycles. The molecule has 0 radical (unpaired) electrons. The number of hydrogen-bond acceptors (Lipinski definition) is 3. The van der Waals surface area contributed by atoms with Gasteiger partial charge in [-0.25, -0.2) is 0 Å². The number of nitrogens with zero attached hydrogens (tertiary/aromatic N) is 1. The van der Waals surface area contributed by atoms with E-state index in [1.165, 1.54) is 6.38 Å². The Kier molecular flexibility index (Phi) is 7.52. The van der Waals surface area contributed by atoms with Gasteiger partial charge in [-0.15, -0.1) is 11.6 Å². The minimum absolute atomic E-state index is 0.0417. The zero-order chi connectivity index (χ0) is 18.3. The Hall–Kier alpha value is -1.78. The number of aromatic hydroxyl groups is 1. The summed E-state index contributed by atoms with van der Waals surface area (Å²) in [6.45, 7) is 6.76. The van der Waals surface area contributed by atoms with Crippen LogP contribution in [0.1, 0.15) is 26.3 Å². The van der Waals surface area contributed by atoms with Crippen molar-refractivity contribution in [3.05, 3.63) is 35.9 Å². The smallest absolute Gasteiger partial charge is 0.214 e. The van der Waals surface area contributed by atoms with Crippen molar-refractivity contribution >= 4 is 34.5 Å². The lowest BCUT2D eigenvalue weighted by molar-refractivity contribution is -0.107. The van der Waals surface area contributed by atoms with Crippen molar-refractivity contribution in [2.45, 2.75) is 32.8 Å². The van der Waals surface area contributed by atoms with Crippen molar-refractivity contribution in [3.8, 4) is 5.75 Å². The molecule has 2 aromatic rings. The van der Waals surface area contributed by atoms with Gasteiger partial charge in [0.25, 0.3) is 0 Å². The molecule has 0 saturated carbocycles. The second-order valence-corrected chi connectivity index (χ2v) is 6.30. The average molecular weight is 352 g/mol. The summed E-state index contributed by atoms with van der Waals surface area (Å²) in [5.41, 5.74) is 2.03. The molecule has 0 fully saturated rings. The topological polar surface area (TPSA) is 49.8 Å². The van der Waals surface area contributed by atoms with E-state index in [1.54, 1.807) is 18.1 Å². The van der Waals surface area contributed by atoms with Crippen LogP contribution in [0.25, 0.3) is 10.8 Å². The monoisotopic (exact) mass is 351 g/mol. The van der Waals surface area contributed by atoms with Crippen molar-refractivity contribution in [2.24, 2.45) is 0 Å². The number of benzene rings is 2. The number of hydrogen-bond donors (Lipinski definition) is 1. The Labute approximate surface area is 149 Å². The third-order valence-electron chi connectivity index (χ3n) is 3.76. The van der Waals surface area contributed by atoms with Gasteiger partial charge in [-0.2, -0.15) is 0 Å². The summed E-state index contributed by atoms with van der Waals surface area (Å²) in [6, 6.07) is 9.42. The molecule has 0 aromatic heterocycles. The Bertz CT molecular complexity index is 680. The Morgan fingerprint density at radius 2 is 1.75 bits per heavy atom. The maximum atomic E-state index is 10.9. The molecule has 0 atom stereocenters. The predicted octanol–water partition coefficient (Wildman–Crippen LogP) is 4.35. The summed E-state index contributed by atoms with van der Waals surface area (Å²) in [5.74, 6) is 0.239. The fourth-order valence-electron chi connectivity index (χ4n) is 2.38. The van der Waals surface area contributed by atoms with Gasteiger partial charge >= 0.3 is 0 Å². The van der Waals surface area contributed by atoms with Crippen molar-refractivity contribution in [3.63, 3.8) is 0 Å². The summed E-state index contributed by atoms with van der Waals surface area (Å²) in [6.07, 6.45) is 3.15. The SMILES string of the molecule is CCl.COC(C)(C)C.O=CN1CCc2c1cc(O)c1ccccc21.